The van der Waals surface area contributed by atoms with Crippen molar-refractivity contribution in [3.05, 3.63) is 36.5 Å². The van der Waals surface area contributed by atoms with Gasteiger partial charge in [0.1, 0.15) is 0 Å². The molecule has 1 fully saturated rings. The molecule has 0 aliphatic carbocycles. The first-order chi connectivity index (χ1) is 6.33. The second-order valence-corrected chi connectivity index (χ2v) is 3.70. The molecule has 1 unspecified atom stereocenters. The van der Waals surface area contributed by atoms with Crippen LogP contribution in [0.3, 0.4) is 0 Å². The third-order valence-corrected chi connectivity index (χ3v) is 2.40. The second-order valence-electron chi connectivity index (χ2n) is 3.70. The molecule has 0 bridgehead atoms. The topological polar surface area (TPSA) is 12.0 Å². The summed E-state index contributed by atoms with van der Waals surface area (Å²) < 4.78 is 0. The van der Waals surface area contributed by atoms with E-state index in [9.17, 15) is 0 Å². The summed E-state index contributed by atoms with van der Waals surface area (Å²) in [5, 5.41) is 3.38. The lowest BCUT2D eigenvalue weighted by molar-refractivity contribution is 0.577. The van der Waals surface area contributed by atoms with Crippen LogP contribution in [0.4, 0.5) is 0 Å². The number of rotatable bonds is 4. The van der Waals surface area contributed by atoms with Crippen LogP contribution in [0, 0.1) is 5.92 Å². The van der Waals surface area contributed by atoms with E-state index in [2.05, 4.69) is 31.0 Å². The summed E-state index contributed by atoms with van der Waals surface area (Å²) in [4.78, 5) is 0. The smallest absolute Gasteiger partial charge is 0.00170 e. The quantitative estimate of drug-likeness (QED) is 0.651. The Bertz CT molecular complexity index is 207. The Kier molecular flexibility index (Phi) is 4.55. The zero-order valence-electron chi connectivity index (χ0n) is 8.42. The highest BCUT2D eigenvalue weighted by Crippen LogP contribution is 2.17. The van der Waals surface area contributed by atoms with Crippen molar-refractivity contribution in [2.75, 3.05) is 13.1 Å². The monoisotopic (exact) mass is 177 g/mol. The molecule has 1 nitrogen and oxygen atoms in total. The van der Waals surface area contributed by atoms with E-state index in [1.54, 1.807) is 6.08 Å². The van der Waals surface area contributed by atoms with Gasteiger partial charge in [-0.2, -0.15) is 0 Å². The number of nitrogens with one attached hydrogen (secondary N) is 1. The minimum absolute atomic E-state index is 0.855. The average molecular weight is 177 g/mol. The van der Waals surface area contributed by atoms with E-state index in [-0.39, 0.29) is 0 Å². The summed E-state index contributed by atoms with van der Waals surface area (Å²) in [6.07, 6.45) is 10.6. The highest BCUT2D eigenvalue weighted by molar-refractivity contribution is 5.14. The van der Waals surface area contributed by atoms with Crippen molar-refractivity contribution in [1.29, 1.82) is 0 Å². The predicted octanol–water partition coefficient (Wildman–Crippen LogP) is 2.67. The summed E-state index contributed by atoms with van der Waals surface area (Å²) in [5.41, 5.74) is 1.46. The van der Waals surface area contributed by atoms with Crippen LogP contribution in [0.15, 0.2) is 36.5 Å². The van der Waals surface area contributed by atoms with E-state index in [1.165, 1.54) is 31.5 Å². The van der Waals surface area contributed by atoms with Crippen molar-refractivity contribution in [3.63, 3.8) is 0 Å². The molecule has 0 spiro atoms. The first-order valence-corrected chi connectivity index (χ1v) is 4.98. The van der Waals surface area contributed by atoms with Crippen molar-refractivity contribution >= 4 is 0 Å². The lowest BCUT2D eigenvalue weighted by Crippen LogP contribution is -2.08. The molecule has 1 atom stereocenters. The molecule has 1 N–H and O–H groups in total. The van der Waals surface area contributed by atoms with Gasteiger partial charge in [-0.3, -0.25) is 0 Å². The standard InChI is InChI=1S/C12H19N/c1-3-4-5-6-11(2)9-12-7-8-13-10-12/h3-6,12-13H,1,7-10H2,2H3/b5-4-,11-6+. The summed E-state index contributed by atoms with van der Waals surface area (Å²) >= 11 is 0. The van der Waals surface area contributed by atoms with E-state index in [4.69, 9.17) is 0 Å². The van der Waals surface area contributed by atoms with Gasteiger partial charge in [-0.15, -0.1) is 0 Å². The Labute approximate surface area is 81.2 Å². The van der Waals surface area contributed by atoms with E-state index in [0.717, 1.165) is 5.92 Å². The molecule has 13 heavy (non-hydrogen) atoms. The largest absolute Gasteiger partial charge is 0.316 e. The van der Waals surface area contributed by atoms with Crippen LogP contribution in [0.2, 0.25) is 0 Å². The van der Waals surface area contributed by atoms with Crippen molar-refractivity contribution in [3.8, 4) is 0 Å². The molecule has 1 rings (SSSR count). The average Bonchev–Trinajstić information content (AvgIpc) is 2.57. The molecular weight excluding hydrogens is 158 g/mol. The summed E-state index contributed by atoms with van der Waals surface area (Å²) in [5.74, 6) is 0.855. The van der Waals surface area contributed by atoms with Crippen LogP contribution in [0.5, 0.6) is 0 Å². The molecule has 0 aromatic carbocycles. The van der Waals surface area contributed by atoms with Gasteiger partial charge < -0.3 is 5.32 Å². The summed E-state index contributed by atoms with van der Waals surface area (Å²) in [6.45, 7) is 8.22. The van der Waals surface area contributed by atoms with Gasteiger partial charge in [0.25, 0.3) is 0 Å². The number of hydrogen-bond acceptors (Lipinski definition) is 1. The molecule has 1 saturated heterocycles. The van der Waals surface area contributed by atoms with Gasteiger partial charge in [0.2, 0.25) is 0 Å². The van der Waals surface area contributed by atoms with Crippen LogP contribution in [0.25, 0.3) is 0 Å². The predicted molar refractivity (Wildman–Crippen MR) is 58.7 cm³/mol. The normalized spacial score (nSPS) is 24.1. The number of hydrogen-bond donors (Lipinski definition) is 1. The van der Waals surface area contributed by atoms with E-state index >= 15 is 0 Å². The van der Waals surface area contributed by atoms with E-state index in [1.807, 2.05) is 6.08 Å². The molecule has 1 aliphatic heterocycles. The van der Waals surface area contributed by atoms with Crippen molar-refractivity contribution in [2.45, 2.75) is 19.8 Å². The SMILES string of the molecule is C=C/C=C\C=C(/C)CC1CCNC1. The molecule has 0 aromatic rings. The highest BCUT2D eigenvalue weighted by Gasteiger charge is 2.13. The van der Waals surface area contributed by atoms with Gasteiger partial charge in [-0.25, -0.2) is 0 Å². The van der Waals surface area contributed by atoms with Gasteiger partial charge >= 0.3 is 0 Å². The Morgan fingerprint density at radius 3 is 3.00 bits per heavy atom. The van der Waals surface area contributed by atoms with Gasteiger partial charge in [0.05, 0.1) is 0 Å². The van der Waals surface area contributed by atoms with Crippen LogP contribution in [0.1, 0.15) is 19.8 Å². The molecule has 1 heterocycles. The van der Waals surface area contributed by atoms with Crippen LogP contribution in [-0.4, -0.2) is 13.1 Å². The minimum Gasteiger partial charge on any atom is -0.316 e. The third kappa shape index (κ3) is 4.09. The van der Waals surface area contributed by atoms with Crippen molar-refractivity contribution < 1.29 is 0 Å². The lowest BCUT2D eigenvalue weighted by Gasteiger charge is -2.06. The van der Waals surface area contributed by atoms with E-state index in [0.29, 0.717) is 0 Å². The minimum atomic E-state index is 0.855. The molecule has 1 heteroatoms. The molecule has 0 amide bonds. The molecule has 0 radical (unpaired) electrons. The summed E-state index contributed by atoms with van der Waals surface area (Å²) in [6, 6.07) is 0. The zero-order valence-corrected chi connectivity index (χ0v) is 8.42. The van der Waals surface area contributed by atoms with Crippen LogP contribution < -0.4 is 5.32 Å². The van der Waals surface area contributed by atoms with Crippen LogP contribution in [-0.2, 0) is 0 Å². The maximum atomic E-state index is 3.63. The van der Waals surface area contributed by atoms with Crippen molar-refractivity contribution in [1.82, 2.24) is 5.32 Å². The van der Waals surface area contributed by atoms with Crippen molar-refractivity contribution in [2.24, 2.45) is 5.92 Å². The second kappa shape index (κ2) is 5.76. The summed E-state index contributed by atoms with van der Waals surface area (Å²) in [7, 11) is 0. The van der Waals surface area contributed by atoms with E-state index < -0.39 is 0 Å². The Hall–Kier alpha value is -0.820. The fourth-order valence-corrected chi connectivity index (χ4v) is 1.71. The molecular formula is C12H19N. The molecule has 72 valence electrons. The van der Waals surface area contributed by atoms with Gasteiger partial charge in [0.15, 0.2) is 0 Å². The number of allylic oxidation sites excluding steroid dienone is 5. The Morgan fingerprint density at radius 1 is 1.54 bits per heavy atom. The fraction of sp³-hybridized carbons (Fsp3) is 0.500. The first kappa shape index (κ1) is 10.3. The third-order valence-electron chi connectivity index (χ3n) is 2.40. The van der Waals surface area contributed by atoms with Gasteiger partial charge in [0, 0.05) is 0 Å². The van der Waals surface area contributed by atoms with Gasteiger partial charge in [-0.1, -0.05) is 36.5 Å². The maximum absolute atomic E-state index is 3.63. The molecule has 0 aromatic heterocycles. The van der Waals surface area contributed by atoms with Gasteiger partial charge in [-0.05, 0) is 38.8 Å². The Morgan fingerprint density at radius 2 is 2.38 bits per heavy atom. The molecule has 0 saturated carbocycles. The zero-order chi connectivity index (χ0) is 9.52. The Balaban J connectivity index is 2.29. The molecule has 1 aliphatic rings. The highest BCUT2D eigenvalue weighted by atomic mass is 14.9. The lowest BCUT2D eigenvalue weighted by atomic mass is 9.99. The first-order valence-electron chi connectivity index (χ1n) is 4.98. The maximum Gasteiger partial charge on any atom is -0.00170 e. The van der Waals surface area contributed by atoms with Crippen LogP contribution >= 0.6 is 0 Å². The fourth-order valence-electron chi connectivity index (χ4n) is 1.71.